The highest BCUT2D eigenvalue weighted by molar-refractivity contribution is 7.25. The first kappa shape index (κ1) is 37.8. The molecule has 0 radical (unpaired) electrons. The van der Waals surface area contributed by atoms with Crippen LogP contribution in [0.4, 0.5) is 45.5 Å². The number of anilines is 8. The fraction of sp³-hybridized carbons (Fsp3) is 0.298. The number of aryl methyl sites for hydroxylation is 1. The highest BCUT2D eigenvalue weighted by Crippen LogP contribution is 2.65. The van der Waals surface area contributed by atoms with Crippen LogP contribution in [-0.2, 0) is 16.2 Å². The summed E-state index contributed by atoms with van der Waals surface area (Å²) in [6.07, 6.45) is 7.09. The molecule has 2 aliphatic carbocycles. The monoisotopic (exact) mass is 839 g/mol. The van der Waals surface area contributed by atoms with Gasteiger partial charge in [-0.25, -0.2) is 0 Å². The van der Waals surface area contributed by atoms with Crippen molar-refractivity contribution in [1.29, 1.82) is 0 Å². The Kier molecular flexibility index (Phi) is 7.63. The molecule has 5 aliphatic rings. The molecule has 2 unspecified atom stereocenters. The molecule has 13 rings (SSSR count). The summed E-state index contributed by atoms with van der Waals surface area (Å²) < 4.78 is 8.75. The average Bonchev–Trinajstić information content (AvgIpc) is 3.90. The van der Waals surface area contributed by atoms with Gasteiger partial charge >= 0.3 is 0 Å². The van der Waals surface area contributed by atoms with Crippen molar-refractivity contribution in [1.82, 2.24) is 0 Å². The second-order valence-electron chi connectivity index (χ2n) is 21.1. The molecule has 6 heteroatoms. The standard InChI is InChI=1S/C57H54BN3OS/c1-35-32-44-49-45(33-35)61-50-42(26-27-43(48(50)56(6)28-16-17-29-57(56,61)7)59(36-18-10-8-11-19-36)37-20-12-9-13-21-37)58(49)52-51(47-39-22-14-15-23-46(39)63-53(47)62-52)60(44)38-24-25-40-41(34-38)55(4,5)31-30-54(40,2)3/h8-15,18-27,32-34H,16-17,28-31H2,1-7H3. The van der Waals surface area contributed by atoms with Crippen LogP contribution in [0.2, 0.25) is 0 Å². The molecule has 1 saturated carbocycles. The Morgan fingerprint density at radius 3 is 2.06 bits per heavy atom. The minimum atomic E-state index is -0.143. The molecule has 0 amide bonds. The van der Waals surface area contributed by atoms with E-state index in [0.717, 1.165) is 23.4 Å². The van der Waals surface area contributed by atoms with Crippen LogP contribution in [0.15, 0.2) is 132 Å². The predicted molar refractivity (Wildman–Crippen MR) is 268 cm³/mol. The molecule has 4 nitrogen and oxygen atoms in total. The second-order valence-corrected chi connectivity index (χ2v) is 22.1. The third-order valence-electron chi connectivity index (χ3n) is 16.7. The van der Waals surface area contributed by atoms with E-state index < -0.39 is 0 Å². The normalized spacial score (nSPS) is 22.1. The van der Waals surface area contributed by atoms with Crippen molar-refractivity contribution in [2.24, 2.45) is 0 Å². The van der Waals surface area contributed by atoms with Crippen molar-refractivity contribution in [3.05, 3.63) is 150 Å². The minimum Gasteiger partial charge on any atom is -0.457 e. The molecule has 8 aromatic rings. The zero-order valence-electron chi connectivity index (χ0n) is 37.6. The van der Waals surface area contributed by atoms with Gasteiger partial charge in [-0.05, 0) is 139 Å². The zero-order chi connectivity index (χ0) is 42.8. The van der Waals surface area contributed by atoms with E-state index in [1.807, 2.05) is 0 Å². The highest BCUT2D eigenvalue weighted by Gasteiger charge is 2.63. The van der Waals surface area contributed by atoms with Gasteiger partial charge in [0, 0.05) is 55.2 Å². The third-order valence-corrected chi connectivity index (χ3v) is 17.7. The first-order valence-corrected chi connectivity index (χ1v) is 24.1. The van der Waals surface area contributed by atoms with Gasteiger partial charge in [-0.2, -0.15) is 0 Å². The van der Waals surface area contributed by atoms with Crippen LogP contribution in [0.3, 0.4) is 0 Å². The first-order valence-electron chi connectivity index (χ1n) is 23.3. The number of para-hydroxylation sites is 2. The number of benzene rings is 6. The molecule has 0 N–H and O–H groups in total. The fourth-order valence-electron chi connectivity index (χ4n) is 13.2. The lowest BCUT2D eigenvalue weighted by Gasteiger charge is -2.52. The maximum absolute atomic E-state index is 7.48. The number of hydrogen-bond acceptors (Lipinski definition) is 5. The number of furan rings is 1. The van der Waals surface area contributed by atoms with Gasteiger partial charge in [0.15, 0.2) is 4.90 Å². The van der Waals surface area contributed by atoms with Crippen LogP contribution in [0.1, 0.15) is 102 Å². The molecule has 1 fully saturated rings. The van der Waals surface area contributed by atoms with Gasteiger partial charge in [0.25, 0.3) is 6.71 Å². The fourth-order valence-corrected chi connectivity index (χ4v) is 14.3. The maximum atomic E-state index is 7.48. The van der Waals surface area contributed by atoms with E-state index in [4.69, 9.17) is 4.42 Å². The summed E-state index contributed by atoms with van der Waals surface area (Å²) in [7, 11) is 0. The lowest BCUT2D eigenvalue weighted by Crippen LogP contribution is -2.64. The Morgan fingerprint density at radius 2 is 1.32 bits per heavy atom. The Morgan fingerprint density at radius 1 is 0.651 bits per heavy atom. The van der Waals surface area contributed by atoms with Crippen LogP contribution in [0.5, 0.6) is 0 Å². The van der Waals surface area contributed by atoms with E-state index in [-0.39, 0.29) is 28.5 Å². The highest BCUT2D eigenvalue weighted by atomic mass is 32.1. The van der Waals surface area contributed by atoms with Crippen LogP contribution in [0.25, 0.3) is 20.4 Å². The molecular weight excluding hydrogens is 786 g/mol. The van der Waals surface area contributed by atoms with Gasteiger partial charge in [0.2, 0.25) is 0 Å². The molecule has 6 aromatic carbocycles. The molecule has 3 aliphatic heterocycles. The van der Waals surface area contributed by atoms with Crippen molar-refractivity contribution in [3.8, 4) is 0 Å². The van der Waals surface area contributed by atoms with E-state index in [2.05, 4.69) is 191 Å². The van der Waals surface area contributed by atoms with E-state index in [9.17, 15) is 0 Å². The maximum Gasteiger partial charge on any atom is 0.297 e. The number of fused-ring (bicyclic) bond motifs is 12. The predicted octanol–water partition coefficient (Wildman–Crippen LogP) is 14.1. The van der Waals surface area contributed by atoms with Gasteiger partial charge in [-0.3, -0.25) is 0 Å². The van der Waals surface area contributed by atoms with Crippen molar-refractivity contribution < 1.29 is 4.42 Å². The zero-order valence-corrected chi connectivity index (χ0v) is 38.4. The Labute approximate surface area is 376 Å². The summed E-state index contributed by atoms with van der Waals surface area (Å²) >= 11 is 1.79. The smallest absolute Gasteiger partial charge is 0.297 e. The Hall–Kier alpha value is -5.72. The number of thiophene rings is 1. The van der Waals surface area contributed by atoms with Gasteiger partial charge in [0.1, 0.15) is 5.66 Å². The number of rotatable bonds is 4. The second kappa shape index (κ2) is 12.7. The summed E-state index contributed by atoms with van der Waals surface area (Å²) in [6, 6.07) is 48.4. The number of nitrogens with zero attached hydrogens (tertiary/aromatic N) is 3. The first-order chi connectivity index (χ1) is 30.4. The van der Waals surface area contributed by atoms with Crippen LogP contribution in [0, 0.1) is 6.92 Å². The molecule has 63 heavy (non-hydrogen) atoms. The molecule has 2 atom stereocenters. The third kappa shape index (κ3) is 4.88. The molecular formula is C57H54BN3OS. The van der Waals surface area contributed by atoms with Gasteiger partial charge in [0.05, 0.1) is 22.3 Å². The van der Waals surface area contributed by atoms with Crippen LogP contribution < -0.4 is 31.3 Å². The molecule has 5 heterocycles. The van der Waals surface area contributed by atoms with Crippen LogP contribution >= 0.6 is 11.3 Å². The van der Waals surface area contributed by atoms with Crippen molar-refractivity contribution in [2.75, 3.05) is 14.7 Å². The summed E-state index contributed by atoms with van der Waals surface area (Å²) in [5.41, 5.74) is 19.6. The Bertz CT molecular complexity index is 3180. The van der Waals surface area contributed by atoms with E-state index in [1.165, 1.54) is 120 Å². The van der Waals surface area contributed by atoms with Gasteiger partial charge < -0.3 is 19.1 Å². The van der Waals surface area contributed by atoms with Gasteiger partial charge in [-0.1, -0.05) is 126 Å². The van der Waals surface area contributed by atoms with E-state index in [0.29, 0.717) is 0 Å². The summed E-state index contributed by atoms with van der Waals surface area (Å²) in [5, 5.41) is 2.51. The lowest BCUT2D eigenvalue weighted by atomic mass is 9.35. The molecule has 0 bridgehead atoms. The quantitative estimate of drug-likeness (QED) is 0.165. The van der Waals surface area contributed by atoms with E-state index >= 15 is 0 Å². The summed E-state index contributed by atoms with van der Waals surface area (Å²) in [6.45, 7) is 17.2. The van der Waals surface area contributed by atoms with Crippen molar-refractivity contribution >= 4 is 101 Å². The molecule has 0 spiro atoms. The summed E-state index contributed by atoms with van der Waals surface area (Å²) in [4.78, 5) is 9.03. The molecule has 312 valence electrons. The van der Waals surface area contributed by atoms with E-state index in [1.54, 1.807) is 11.3 Å². The average molecular weight is 840 g/mol. The van der Waals surface area contributed by atoms with Gasteiger partial charge in [-0.15, -0.1) is 0 Å². The largest absolute Gasteiger partial charge is 0.457 e. The Balaban J connectivity index is 1.14. The topological polar surface area (TPSA) is 22.9 Å². The number of hydrogen-bond donors (Lipinski definition) is 0. The lowest BCUT2D eigenvalue weighted by molar-refractivity contribution is 0.195. The summed E-state index contributed by atoms with van der Waals surface area (Å²) in [5.74, 6) is 0. The SMILES string of the molecule is Cc1cc2c3c(c1)N1c4c(ccc(N(c5ccccc5)c5ccccc5)c4C4(C)CCCCC14C)B3c1oc3sc4ccccc4c3c1N2c1ccc2c(c1)C(C)(C)CCC2(C)C. The van der Waals surface area contributed by atoms with Crippen molar-refractivity contribution in [2.45, 2.75) is 109 Å². The molecule has 0 saturated heterocycles. The van der Waals surface area contributed by atoms with Crippen LogP contribution in [-0.4, -0.2) is 12.3 Å². The minimum absolute atomic E-state index is 0.0680. The van der Waals surface area contributed by atoms with Crippen molar-refractivity contribution in [3.63, 3.8) is 0 Å². The molecule has 2 aromatic heterocycles.